The molecule has 1 aliphatic rings. The van der Waals surface area contributed by atoms with Crippen molar-refractivity contribution in [2.75, 3.05) is 19.6 Å². The van der Waals surface area contributed by atoms with Crippen LogP contribution in [-0.4, -0.2) is 29.6 Å². The standard InChI is InChI=1S/C21H25Cl2NO2/c1-21(25,11-14-24-12-3-2-4-13-24)16-5-8-18(9-6-16)26-20-10-7-17(22)15-19(20)23/h5-10,15,25H,2-4,11-14H2,1H3. The van der Waals surface area contributed by atoms with Gasteiger partial charge in [-0.1, -0.05) is 41.8 Å². The molecule has 0 spiro atoms. The van der Waals surface area contributed by atoms with Crippen LogP contribution in [0.15, 0.2) is 42.5 Å². The van der Waals surface area contributed by atoms with Crippen molar-refractivity contribution >= 4 is 23.2 Å². The van der Waals surface area contributed by atoms with Gasteiger partial charge in [0.05, 0.1) is 10.6 Å². The van der Waals surface area contributed by atoms with Gasteiger partial charge in [-0.3, -0.25) is 0 Å². The van der Waals surface area contributed by atoms with Crippen LogP contribution in [0.5, 0.6) is 11.5 Å². The summed E-state index contributed by atoms with van der Waals surface area (Å²) < 4.78 is 5.81. The number of aliphatic hydroxyl groups is 1. The summed E-state index contributed by atoms with van der Waals surface area (Å²) in [6.45, 7) is 5.09. The summed E-state index contributed by atoms with van der Waals surface area (Å²) in [6.07, 6.45) is 4.57. The molecule has 0 aliphatic carbocycles. The molecule has 3 nitrogen and oxygen atoms in total. The first kappa shape index (κ1) is 19.5. The zero-order chi connectivity index (χ0) is 18.6. The van der Waals surface area contributed by atoms with Gasteiger partial charge < -0.3 is 14.7 Å². The van der Waals surface area contributed by atoms with E-state index in [0.717, 1.165) is 31.6 Å². The van der Waals surface area contributed by atoms with Gasteiger partial charge in [0.25, 0.3) is 0 Å². The summed E-state index contributed by atoms with van der Waals surface area (Å²) in [5.41, 5.74) is 0.0394. The molecule has 0 amide bonds. The van der Waals surface area contributed by atoms with Crippen molar-refractivity contribution < 1.29 is 9.84 Å². The first-order valence-corrected chi connectivity index (χ1v) is 9.88. The minimum atomic E-state index is -0.853. The number of ether oxygens (including phenoxy) is 1. The molecule has 2 aromatic carbocycles. The van der Waals surface area contributed by atoms with Crippen molar-refractivity contribution in [2.45, 2.75) is 38.2 Å². The second-order valence-corrected chi connectivity index (χ2v) is 7.97. The molecule has 1 N–H and O–H groups in total. The van der Waals surface area contributed by atoms with Crippen molar-refractivity contribution in [1.82, 2.24) is 4.90 Å². The van der Waals surface area contributed by atoms with Crippen molar-refractivity contribution in [3.05, 3.63) is 58.1 Å². The van der Waals surface area contributed by atoms with Crippen LogP contribution in [0.4, 0.5) is 0 Å². The van der Waals surface area contributed by atoms with Crippen molar-refractivity contribution in [1.29, 1.82) is 0 Å². The van der Waals surface area contributed by atoms with Crippen LogP contribution < -0.4 is 4.74 Å². The highest BCUT2D eigenvalue weighted by molar-refractivity contribution is 6.35. The van der Waals surface area contributed by atoms with E-state index in [0.29, 0.717) is 21.5 Å². The molecule has 0 radical (unpaired) electrons. The highest BCUT2D eigenvalue weighted by atomic mass is 35.5. The van der Waals surface area contributed by atoms with Crippen LogP contribution in [0.1, 0.15) is 38.2 Å². The van der Waals surface area contributed by atoms with Gasteiger partial charge in [0.1, 0.15) is 11.5 Å². The number of benzene rings is 2. The number of rotatable bonds is 6. The first-order valence-electron chi connectivity index (χ1n) is 9.12. The van der Waals surface area contributed by atoms with Crippen LogP contribution in [0.25, 0.3) is 0 Å². The van der Waals surface area contributed by atoms with E-state index in [1.54, 1.807) is 18.2 Å². The van der Waals surface area contributed by atoms with E-state index < -0.39 is 5.60 Å². The quantitative estimate of drug-likeness (QED) is 0.665. The molecule has 0 bridgehead atoms. The third kappa shape index (κ3) is 5.14. The summed E-state index contributed by atoms with van der Waals surface area (Å²) in [4.78, 5) is 2.44. The Hall–Kier alpha value is -1.26. The maximum absolute atomic E-state index is 10.9. The van der Waals surface area contributed by atoms with E-state index in [2.05, 4.69) is 4.90 Å². The smallest absolute Gasteiger partial charge is 0.146 e. The van der Waals surface area contributed by atoms with Crippen molar-refractivity contribution in [2.24, 2.45) is 0 Å². The van der Waals surface area contributed by atoms with Crippen LogP contribution in [0, 0.1) is 0 Å². The topological polar surface area (TPSA) is 32.7 Å². The molecule has 3 rings (SSSR count). The Morgan fingerprint density at radius 1 is 1.04 bits per heavy atom. The molecule has 1 heterocycles. The Bertz CT molecular complexity index is 725. The Balaban J connectivity index is 1.62. The van der Waals surface area contributed by atoms with Crippen molar-refractivity contribution in [3.63, 3.8) is 0 Å². The number of piperidine rings is 1. The molecular weight excluding hydrogens is 369 g/mol. The van der Waals surface area contributed by atoms with Crippen LogP contribution in [0.2, 0.25) is 10.0 Å². The molecule has 1 atom stereocenters. The molecule has 5 heteroatoms. The van der Waals surface area contributed by atoms with E-state index in [4.69, 9.17) is 27.9 Å². The molecule has 2 aromatic rings. The Kier molecular flexibility index (Phi) is 6.46. The number of hydrogen-bond acceptors (Lipinski definition) is 3. The SMILES string of the molecule is CC(O)(CCN1CCCCC1)c1ccc(Oc2ccc(Cl)cc2Cl)cc1. The fourth-order valence-electron chi connectivity index (χ4n) is 3.27. The lowest BCUT2D eigenvalue weighted by molar-refractivity contribution is 0.0337. The maximum atomic E-state index is 10.9. The minimum absolute atomic E-state index is 0.468. The average molecular weight is 394 g/mol. The first-order chi connectivity index (χ1) is 12.4. The molecule has 1 aliphatic heterocycles. The summed E-state index contributed by atoms with van der Waals surface area (Å²) in [6, 6.07) is 12.7. The monoisotopic (exact) mass is 393 g/mol. The van der Waals surface area contributed by atoms with E-state index in [-0.39, 0.29) is 0 Å². The number of hydrogen-bond donors (Lipinski definition) is 1. The number of nitrogens with zero attached hydrogens (tertiary/aromatic N) is 1. The van der Waals surface area contributed by atoms with Crippen LogP contribution in [0.3, 0.4) is 0 Å². The van der Waals surface area contributed by atoms with Gasteiger partial charge in [0, 0.05) is 11.6 Å². The van der Waals surface area contributed by atoms with Gasteiger partial charge in [-0.2, -0.15) is 0 Å². The van der Waals surface area contributed by atoms with Crippen molar-refractivity contribution in [3.8, 4) is 11.5 Å². The fraction of sp³-hybridized carbons (Fsp3) is 0.429. The van der Waals surface area contributed by atoms with Crippen LogP contribution >= 0.6 is 23.2 Å². The van der Waals surface area contributed by atoms with Gasteiger partial charge in [-0.25, -0.2) is 0 Å². The second-order valence-electron chi connectivity index (χ2n) is 7.13. The van der Waals surface area contributed by atoms with Gasteiger partial charge in [0.2, 0.25) is 0 Å². The van der Waals surface area contributed by atoms with E-state index in [9.17, 15) is 5.11 Å². The number of halogens is 2. The fourth-order valence-corrected chi connectivity index (χ4v) is 3.72. The zero-order valence-electron chi connectivity index (χ0n) is 15.0. The van der Waals surface area contributed by atoms with Gasteiger partial charge in [-0.15, -0.1) is 0 Å². The summed E-state index contributed by atoms with van der Waals surface area (Å²) in [5, 5.41) is 11.9. The van der Waals surface area contributed by atoms with Crippen LogP contribution in [-0.2, 0) is 5.60 Å². The predicted octanol–water partition coefficient (Wildman–Crippen LogP) is 5.87. The molecule has 26 heavy (non-hydrogen) atoms. The van der Waals surface area contributed by atoms with E-state index >= 15 is 0 Å². The lowest BCUT2D eigenvalue weighted by Gasteiger charge is -2.31. The van der Waals surface area contributed by atoms with E-state index in [1.807, 2.05) is 31.2 Å². The molecule has 1 fully saturated rings. The molecule has 140 valence electrons. The highest BCUT2D eigenvalue weighted by Crippen LogP contribution is 2.33. The molecule has 1 unspecified atom stereocenters. The van der Waals surface area contributed by atoms with Gasteiger partial charge >= 0.3 is 0 Å². The normalized spacial score (nSPS) is 17.7. The van der Waals surface area contributed by atoms with Gasteiger partial charge in [-0.05, 0) is 75.2 Å². The maximum Gasteiger partial charge on any atom is 0.146 e. The molecule has 0 aromatic heterocycles. The predicted molar refractivity (Wildman–Crippen MR) is 107 cm³/mol. The van der Waals surface area contributed by atoms with E-state index in [1.165, 1.54) is 19.3 Å². The summed E-state index contributed by atoms with van der Waals surface area (Å²) in [5.74, 6) is 1.23. The number of likely N-dealkylation sites (tertiary alicyclic amines) is 1. The third-order valence-electron chi connectivity index (χ3n) is 4.96. The Morgan fingerprint density at radius 3 is 2.38 bits per heavy atom. The summed E-state index contributed by atoms with van der Waals surface area (Å²) in [7, 11) is 0. The largest absolute Gasteiger partial charge is 0.456 e. The lowest BCUT2D eigenvalue weighted by Crippen LogP contribution is -2.34. The Morgan fingerprint density at radius 2 is 1.73 bits per heavy atom. The summed E-state index contributed by atoms with van der Waals surface area (Å²) >= 11 is 12.0. The third-order valence-corrected chi connectivity index (χ3v) is 5.49. The average Bonchev–Trinajstić information content (AvgIpc) is 2.64. The lowest BCUT2D eigenvalue weighted by atomic mass is 9.92. The molecule has 0 saturated carbocycles. The molecule has 1 saturated heterocycles. The molecular formula is C21H25Cl2NO2. The van der Waals surface area contributed by atoms with Gasteiger partial charge in [0.15, 0.2) is 0 Å². The highest BCUT2D eigenvalue weighted by Gasteiger charge is 2.24. The zero-order valence-corrected chi connectivity index (χ0v) is 16.6. The minimum Gasteiger partial charge on any atom is -0.456 e. The second kappa shape index (κ2) is 8.62. The Labute approximate surface area is 165 Å².